The van der Waals surface area contributed by atoms with E-state index in [0.29, 0.717) is 24.5 Å². The minimum Gasteiger partial charge on any atom is -0.354 e. The lowest BCUT2D eigenvalue weighted by atomic mass is 10.2. The van der Waals surface area contributed by atoms with Gasteiger partial charge in [-0.15, -0.1) is 0 Å². The lowest BCUT2D eigenvalue weighted by Crippen LogP contribution is -2.37. The third kappa shape index (κ3) is 4.42. The number of carbonyl (C=O) groups excluding carboxylic acids is 1. The summed E-state index contributed by atoms with van der Waals surface area (Å²) in [4.78, 5) is 18.0. The Morgan fingerprint density at radius 3 is 2.52 bits per heavy atom. The number of pyridine rings is 1. The standard InChI is InChI=1S/C17H15F3IN3O/c18-17(19,20)12-3-6-15(22-9-12)24-8-7-14(10-24)23-16(25)11-1-4-13(21)5-2-11/h1-6,9,14H,7-8,10H2,(H,23,25). The van der Waals surface area contributed by atoms with E-state index in [1.807, 2.05) is 17.0 Å². The number of rotatable bonds is 3. The van der Waals surface area contributed by atoms with E-state index < -0.39 is 11.7 Å². The van der Waals surface area contributed by atoms with E-state index in [4.69, 9.17) is 0 Å². The first-order valence-electron chi connectivity index (χ1n) is 7.67. The predicted octanol–water partition coefficient (Wildman–Crippen LogP) is 3.71. The molecule has 2 aromatic rings. The maximum absolute atomic E-state index is 12.6. The Hall–Kier alpha value is -1.84. The number of nitrogens with zero attached hydrogens (tertiary/aromatic N) is 2. The molecule has 1 atom stereocenters. The van der Waals surface area contributed by atoms with Crippen molar-refractivity contribution in [1.29, 1.82) is 0 Å². The molecule has 0 aliphatic carbocycles. The van der Waals surface area contributed by atoms with Crippen molar-refractivity contribution in [3.8, 4) is 0 Å². The van der Waals surface area contributed by atoms with Crippen LogP contribution in [0.1, 0.15) is 22.3 Å². The van der Waals surface area contributed by atoms with E-state index in [2.05, 4.69) is 32.9 Å². The fraction of sp³-hybridized carbons (Fsp3) is 0.294. The Bertz CT molecular complexity index is 747. The number of halogens is 4. The summed E-state index contributed by atoms with van der Waals surface area (Å²) in [6, 6.07) is 9.59. The quantitative estimate of drug-likeness (QED) is 0.710. The number of anilines is 1. The summed E-state index contributed by atoms with van der Waals surface area (Å²) in [5.41, 5.74) is -0.175. The molecule has 25 heavy (non-hydrogen) atoms. The fourth-order valence-electron chi connectivity index (χ4n) is 2.70. The minimum absolute atomic E-state index is 0.0594. The van der Waals surface area contributed by atoms with Gasteiger partial charge in [0.25, 0.3) is 5.91 Å². The number of amides is 1. The highest BCUT2D eigenvalue weighted by atomic mass is 127. The molecule has 1 saturated heterocycles. The highest BCUT2D eigenvalue weighted by Crippen LogP contribution is 2.29. The number of hydrogen-bond acceptors (Lipinski definition) is 3. The molecule has 2 heterocycles. The Kier molecular flexibility index (Phi) is 5.16. The zero-order valence-corrected chi connectivity index (χ0v) is 15.2. The average Bonchev–Trinajstić information content (AvgIpc) is 3.03. The van der Waals surface area contributed by atoms with Crippen molar-refractivity contribution in [1.82, 2.24) is 10.3 Å². The van der Waals surface area contributed by atoms with Crippen molar-refractivity contribution >= 4 is 34.3 Å². The van der Waals surface area contributed by atoms with E-state index in [1.54, 1.807) is 12.1 Å². The molecule has 8 heteroatoms. The number of carbonyl (C=O) groups is 1. The first-order valence-corrected chi connectivity index (χ1v) is 8.75. The van der Waals surface area contributed by atoms with Crippen molar-refractivity contribution in [2.24, 2.45) is 0 Å². The Labute approximate surface area is 156 Å². The SMILES string of the molecule is O=C(NC1CCN(c2ccc(C(F)(F)F)cn2)C1)c1ccc(I)cc1. The summed E-state index contributed by atoms with van der Waals surface area (Å²) >= 11 is 2.17. The molecule has 1 aromatic carbocycles. The van der Waals surface area contributed by atoms with Crippen molar-refractivity contribution < 1.29 is 18.0 Å². The summed E-state index contributed by atoms with van der Waals surface area (Å²) in [5, 5.41) is 2.96. The predicted molar refractivity (Wildman–Crippen MR) is 96.5 cm³/mol. The van der Waals surface area contributed by atoms with Crippen LogP contribution in [0.4, 0.5) is 19.0 Å². The van der Waals surface area contributed by atoms with Gasteiger partial charge in [0.2, 0.25) is 0 Å². The molecule has 1 N–H and O–H groups in total. The Morgan fingerprint density at radius 1 is 1.20 bits per heavy atom. The first-order chi connectivity index (χ1) is 11.8. The maximum Gasteiger partial charge on any atom is 0.417 e. The van der Waals surface area contributed by atoms with E-state index in [1.165, 1.54) is 6.07 Å². The largest absolute Gasteiger partial charge is 0.417 e. The van der Waals surface area contributed by atoms with Gasteiger partial charge in [-0.3, -0.25) is 4.79 Å². The van der Waals surface area contributed by atoms with E-state index >= 15 is 0 Å². The summed E-state index contributed by atoms with van der Waals surface area (Å²) in [6.45, 7) is 1.16. The van der Waals surface area contributed by atoms with Gasteiger partial charge in [-0.1, -0.05) is 0 Å². The fourth-order valence-corrected chi connectivity index (χ4v) is 3.06. The topological polar surface area (TPSA) is 45.2 Å². The molecular formula is C17H15F3IN3O. The van der Waals surface area contributed by atoms with Crippen LogP contribution in [0.3, 0.4) is 0 Å². The van der Waals surface area contributed by atoms with Gasteiger partial charge >= 0.3 is 6.18 Å². The summed E-state index contributed by atoms with van der Waals surface area (Å²) in [6.07, 6.45) is -2.83. The van der Waals surface area contributed by atoms with E-state index in [0.717, 1.165) is 22.3 Å². The van der Waals surface area contributed by atoms with Crippen LogP contribution in [-0.2, 0) is 6.18 Å². The third-order valence-corrected chi connectivity index (χ3v) is 4.75. The number of alkyl halides is 3. The summed E-state index contributed by atoms with van der Waals surface area (Å²) in [7, 11) is 0. The monoisotopic (exact) mass is 461 g/mol. The van der Waals surface area contributed by atoms with Crippen molar-refractivity contribution in [2.45, 2.75) is 18.6 Å². The van der Waals surface area contributed by atoms with Gasteiger partial charge in [-0.05, 0) is 65.4 Å². The van der Waals surface area contributed by atoms with Crippen molar-refractivity contribution in [2.75, 3.05) is 18.0 Å². The number of aromatic nitrogens is 1. The van der Waals surface area contributed by atoms with Crippen LogP contribution in [0.5, 0.6) is 0 Å². The normalized spacial score (nSPS) is 17.6. The zero-order chi connectivity index (χ0) is 18.0. The molecule has 132 valence electrons. The zero-order valence-electron chi connectivity index (χ0n) is 13.1. The molecule has 0 saturated carbocycles. The second kappa shape index (κ2) is 7.19. The lowest BCUT2D eigenvalue weighted by Gasteiger charge is -2.18. The van der Waals surface area contributed by atoms with Crippen molar-refractivity contribution in [3.05, 3.63) is 57.3 Å². The van der Waals surface area contributed by atoms with Gasteiger partial charge < -0.3 is 10.2 Å². The second-order valence-electron chi connectivity index (χ2n) is 5.81. The molecular weight excluding hydrogens is 446 g/mol. The molecule has 4 nitrogen and oxygen atoms in total. The first kappa shape index (κ1) is 18.0. The summed E-state index contributed by atoms with van der Waals surface area (Å²) < 4.78 is 38.8. The Balaban J connectivity index is 1.60. The molecule has 1 aromatic heterocycles. The van der Waals surface area contributed by atoms with Crippen LogP contribution in [0.25, 0.3) is 0 Å². The van der Waals surface area contributed by atoms with Crippen LogP contribution in [0, 0.1) is 3.57 Å². The van der Waals surface area contributed by atoms with Gasteiger partial charge in [-0.2, -0.15) is 13.2 Å². The minimum atomic E-state index is -4.39. The molecule has 0 spiro atoms. The van der Waals surface area contributed by atoms with Crippen LogP contribution in [0.2, 0.25) is 0 Å². The molecule has 1 unspecified atom stereocenters. The molecule has 1 aliphatic heterocycles. The molecule has 1 fully saturated rings. The van der Waals surface area contributed by atoms with E-state index in [-0.39, 0.29) is 11.9 Å². The summed E-state index contributed by atoms with van der Waals surface area (Å²) in [5.74, 6) is 0.336. The molecule has 0 bridgehead atoms. The number of nitrogens with one attached hydrogen (secondary N) is 1. The maximum atomic E-state index is 12.6. The highest BCUT2D eigenvalue weighted by Gasteiger charge is 2.31. The van der Waals surface area contributed by atoms with Gasteiger partial charge in [-0.25, -0.2) is 4.98 Å². The van der Waals surface area contributed by atoms with Crippen LogP contribution in [0.15, 0.2) is 42.6 Å². The van der Waals surface area contributed by atoms with Gasteiger partial charge in [0.05, 0.1) is 5.56 Å². The van der Waals surface area contributed by atoms with Gasteiger partial charge in [0.1, 0.15) is 5.82 Å². The van der Waals surface area contributed by atoms with Crippen LogP contribution in [-0.4, -0.2) is 30.0 Å². The third-order valence-electron chi connectivity index (χ3n) is 4.03. The highest BCUT2D eigenvalue weighted by molar-refractivity contribution is 14.1. The van der Waals surface area contributed by atoms with Crippen molar-refractivity contribution in [3.63, 3.8) is 0 Å². The van der Waals surface area contributed by atoms with E-state index in [9.17, 15) is 18.0 Å². The molecule has 0 radical (unpaired) electrons. The van der Waals surface area contributed by atoms with Gasteiger partial charge in [0.15, 0.2) is 0 Å². The molecule has 1 amide bonds. The smallest absolute Gasteiger partial charge is 0.354 e. The number of benzene rings is 1. The average molecular weight is 461 g/mol. The Morgan fingerprint density at radius 2 is 1.92 bits per heavy atom. The van der Waals surface area contributed by atoms with Crippen LogP contribution >= 0.6 is 22.6 Å². The molecule has 3 rings (SSSR count). The number of hydrogen-bond donors (Lipinski definition) is 1. The second-order valence-corrected chi connectivity index (χ2v) is 7.06. The van der Waals surface area contributed by atoms with Gasteiger partial charge in [0, 0.05) is 34.5 Å². The van der Waals surface area contributed by atoms with Crippen LogP contribution < -0.4 is 10.2 Å². The molecule has 1 aliphatic rings. The lowest BCUT2D eigenvalue weighted by molar-refractivity contribution is -0.137.